The Morgan fingerprint density at radius 3 is 2.44 bits per heavy atom. The number of fused-ring (bicyclic) bond motifs is 5. The SMILES string of the molecule is Cc1ccccc1Cn1ccc(N2C(=O)[C@@H]3[C@H](C2=O)[C@H]2CC[C@@H]3O2)n1. The normalized spacial score (nSPS) is 30.4. The summed E-state index contributed by atoms with van der Waals surface area (Å²) in [6.07, 6.45) is 3.39. The molecule has 128 valence electrons. The van der Waals surface area contributed by atoms with Crippen LogP contribution in [0, 0.1) is 18.8 Å². The monoisotopic (exact) mass is 337 g/mol. The fourth-order valence-electron chi connectivity index (χ4n) is 4.46. The lowest BCUT2D eigenvalue weighted by atomic mass is 9.81. The molecule has 1 aromatic heterocycles. The molecule has 0 spiro atoms. The van der Waals surface area contributed by atoms with Crippen molar-refractivity contribution in [2.24, 2.45) is 11.8 Å². The summed E-state index contributed by atoms with van der Waals surface area (Å²) in [7, 11) is 0. The molecule has 6 heteroatoms. The van der Waals surface area contributed by atoms with E-state index in [4.69, 9.17) is 4.74 Å². The van der Waals surface area contributed by atoms with Crippen molar-refractivity contribution in [3.05, 3.63) is 47.7 Å². The van der Waals surface area contributed by atoms with Crippen LogP contribution in [0.2, 0.25) is 0 Å². The number of anilines is 1. The zero-order chi connectivity index (χ0) is 17.1. The first kappa shape index (κ1) is 14.8. The molecule has 25 heavy (non-hydrogen) atoms. The third-order valence-corrected chi connectivity index (χ3v) is 5.73. The van der Waals surface area contributed by atoms with Gasteiger partial charge in [-0.15, -0.1) is 0 Å². The van der Waals surface area contributed by atoms with Crippen molar-refractivity contribution < 1.29 is 14.3 Å². The molecule has 1 aromatic carbocycles. The lowest BCUT2D eigenvalue weighted by molar-refractivity contribution is -0.124. The summed E-state index contributed by atoms with van der Waals surface area (Å²) >= 11 is 0. The van der Waals surface area contributed by atoms with Gasteiger partial charge in [-0.05, 0) is 30.9 Å². The van der Waals surface area contributed by atoms with Crippen molar-refractivity contribution in [1.29, 1.82) is 0 Å². The molecule has 0 unspecified atom stereocenters. The number of carbonyl (C=O) groups is 2. The van der Waals surface area contributed by atoms with Gasteiger partial charge in [0.25, 0.3) is 0 Å². The van der Waals surface area contributed by atoms with E-state index in [1.807, 2.05) is 18.3 Å². The van der Waals surface area contributed by atoms with Crippen LogP contribution in [0.25, 0.3) is 0 Å². The van der Waals surface area contributed by atoms with Gasteiger partial charge in [-0.1, -0.05) is 24.3 Å². The molecule has 0 saturated carbocycles. The summed E-state index contributed by atoms with van der Waals surface area (Å²) in [6.45, 7) is 2.67. The lowest BCUT2D eigenvalue weighted by Crippen LogP contribution is -2.34. The van der Waals surface area contributed by atoms with Crippen LogP contribution in [-0.4, -0.2) is 33.8 Å². The number of nitrogens with zero attached hydrogens (tertiary/aromatic N) is 3. The number of hydrogen-bond donors (Lipinski definition) is 0. The second-order valence-corrected chi connectivity index (χ2v) is 7.15. The summed E-state index contributed by atoms with van der Waals surface area (Å²) in [5.74, 6) is -0.496. The van der Waals surface area contributed by atoms with Crippen molar-refractivity contribution in [3.63, 3.8) is 0 Å². The fraction of sp³-hybridized carbons (Fsp3) is 0.421. The number of ether oxygens (including phenoxy) is 1. The van der Waals surface area contributed by atoms with Crippen LogP contribution in [0.4, 0.5) is 5.82 Å². The first-order chi connectivity index (χ1) is 12.1. The van der Waals surface area contributed by atoms with E-state index in [0.717, 1.165) is 12.8 Å². The van der Waals surface area contributed by atoms with Crippen molar-refractivity contribution in [2.45, 2.75) is 38.5 Å². The molecule has 2 aromatic rings. The predicted octanol–water partition coefficient (Wildman–Crippen LogP) is 1.91. The smallest absolute Gasteiger partial charge is 0.241 e. The number of imide groups is 1. The Bertz CT molecular complexity index is 846. The van der Waals surface area contributed by atoms with Crippen LogP contribution >= 0.6 is 0 Å². The van der Waals surface area contributed by atoms with Gasteiger partial charge in [-0.25, -0.2) is 4.90 Å². The average molecular weight is 337 g/mol. The number of carbonyl (C=O) groups excluding carboxylic acids is 2. The van der Waals surface area contributed by atoms with Crippen LogP contribution in [0.5, 0.6) is 0 Å². The minimum Gasteiger partial charge on any atom is -0.373 e. The highest BCUT2D eigenvalue weighted by molar-refractivity contribution is 6.22. The van der Waals surface area contributed by atoms with E-state index < -0.39 is 0 Å². The second-order valence-electron chi connectivity index (χ2n) is 7.15. The molecule has 0 N–H and O–H groups in total. The summed E-state index contributed by atoms with van der Waals surface area (Å²) in [4.78, 5) is 26.8. The number of hydrogen-bond acceptors (Lipinski definition) is 4. The lowest BCUT2D eigenvalue weighted by Gasteiger charge is -2.15. The van der Waals surface area contributed by atoms with Crippen molar-refractivity contribution >= 4 is 17.6 Å². The van der Waals surface area contributed by atoms with E-state index in [2.05, 4.69) is 24.2 Å². The molecule has 3 aliphatic heterocycles. The molecule has 2 amide bonds. The summed E-state index contributed by atoms with van der Waals surface area (Å²) in [5, 5.41) is 4.49. The maximum absolute atomic E-state index is 12.8. The van der Waals surface area contributed by atoms with E-state index >= 15 is 0 Å². The van der Waals surface area contributed by atoms with Crippen LogP contribution in [0.1, 0.15) is 24.0 Å². The molecule has 4 atom stereocenters. The number of aromatic nitrogens is 2. The number of amides is 2. The zero-order valence-corrected chi connectivity index (χ0v) is 14.0. The Hall–Kier alpha value is -2.47. The van der Waals surface area contributed by atoms with Gasteiger partial charge in [0.1, 0.15) is 0 Å². The summed E-state index contributed by atoms with van der Waals surface area (Å²) < 4.78 is 7.54. The van der Waals surface area contributed by atoms with Crippen LogP contribution in [0.3, 0.4) is 0 Å². The van der Waals surface area contributed by atoms with Gasteiger partial charge >= 0.3 is 0 Å². The van der Waals surface area contributed by atoms with Gasteiger partial charge in [0.15, 0.2) is 5.82 Å². The third-order valence-electron chi connectivity index (χ3n) is 5.73. The molecule has 0 aliphatic carbocycles. The average Bonchev–Trinajstić information content (AvgIpc) is 3.35. The molecular weight excluding hydrogens is 318 g/mol. The van der Waals surface area contributed by atoms with E-state index in [-0.39, 0.29) is 35.9 Å². The molecule has 3 fully saturated rings. The Morgan fingerprint density at radius 2 is 1.76 bits per heavy atom. The van der Waals surface area contributed by atoms with Crippen LogP contribution < -0.4 is 4.90 Å². The van der Waals surface area contributed by atoms with Gasteiger partial charge in [0.2, 0.25) is 11.8 Å². The number of rotatable bonds is 3. The van der Waals surface area contributed by atoms with E-state index in [1.165, 1.54) is 16.0 Å². The highest BCUT2D eigenvalue weighted by atomic mass is 16.5. The van der Waals surface area contributed by atoms with Gasteiger partial charge in [-0.2, -0.15) is 5.10 Å². The standard InChI is InChI=1S/C19H19N3O3/c1-11-4-2-3-5-12(11)10-21-9-8-15(20-21)22-18(23)16-13-6-7-14(25-13)17(16)19(22)24/h2-5,8-9,13-14,16-17H,6-7,10H2,1H3/t13-,14+,16-,17+. The fourth-order valence-corrected chi connectivity index (χ4v) is 4.46. The first-order valence-corrected chi connectivity index (χ1v) is 8.75. The van der Waals surface area contributed by atoms with Crippen LogP contribution in [0.15, 0.2) is 36.5 Å². The molecule has 2 bridgehead atoms. The van der Waals surface area contributed by atoms with Crippen LogP contribution in [-0.2, 0) is 20.9 Å². The Kier molecular flexibility index (Phi) is 3.12. The highest BCUT2D eigenvalue weighted by Crippen LogP contribution is 2.49. The maximum Gasteiger partial charge on any atom is 0.241 e. The first-order valence-electron chi connectivity index (χ1n) is 8.75. The molecule has 4 heterocycles. The largest absolute Gasteiger partial charge is 0.373 e. The zero-order valence-electron chi connectivity index (χ0n) is 14.0. The summed E-state index contributed by atoms with van der Waals surface area (Å²) in [5.41, 5.74) is 2.36. The summed E-state index contributed by atoms with van der Waals surface area (Å²) in [6, 6.07) is 9.87. The van der Waals surface area contributed by atoms with E-state index in [9.17, 15) is 9.59 Å². The van der Waals surface area contributed by atoms with Gasteiger partial charge in [0, 0.05) is 12.3 Å². The number of benzene rings is 1. The molecule has 0 radical (unpaired) electrons. The molecular formula is C19H19N3O3. The minimum atomic E-state index is -0.312. The predicted molar refractivity (Wildman–Crippen MR) is 89.9 cm³/mol. The van der Waals surface area contributed by atoms with Crippen molar-refractivity contribution in [2.75, 3.05) is 4.90 Å². The molecule has 5 rings (SSSR count). The Labute approximate surface area is 145 Å². The number of aryl methyl sites for hydroxylation is 1. The van der Waals surface area contributed by atoms with Gasteiger partial charge in [-0.3, -0.25) is 14.3 Å². The van der Waals surface area contributed by atoms with E-state index in [0.29, 0.717) is 12.4 Å². The third kappa shape index (κ3) is 2.10. The minimum absolute atomic E-state index is 0.0921. The second kappa shape index (κ2) is 5.26. The maximum atomic E-state index is 12.8. The quantitative estimate of drug-likeness (QED) is 0.803. The van der Waals surface area contributed by atoms with E-state index in [1.54, 1.807) is 10.7 Å². The Balaban J connectivity index is 1.41. The molecule has 3 saturated heterocycles. The van der Waals surface area contributed by atoms with Gasteiger partial charge < -0.3 is 4.74 Å². The van der Waals surface area contributed by atoms with Gasteiger partial charge in [0.05, 0.1) is 30.6 Å². The van der Waals surface area contributed by atoms with Crippen molar-refractivity contribution in [1.82, 2.24) is 9.78 Å². The topological polar surface area (TPSA) is 64.4 Å². The Morgan fingerprint density at radius 1 is 1.08 bits per heavy atom. The molecule has 3 aliphatic rings. The molecule has 6 nitrogen and oxygen atoms in total. The van der Waals surface area contributed by atoms with Crippen molar-refractivity contribution in [3.8, 4) is 0 Å². The highest BCUT2D eigenvalue weighted by Gasteiger charge is 2.63.